The Morgan fingerprint density at radius 1 is 1.43 bits per heavy atom. The highest BCUT2D eigenvalue weighted by Gasteiger charge is 2.05. The minimum atomic E-state index is -0.415. The Morgan fingerprint density at radius 3 is 2.57 bits per heavy atom. The predicted octanol–water partition coefficient (Wildman–Crippen LogP) is 0.397. The van der Waals surface area contributed by atoms with Crippen LogP contribution in [0.25, 0.3) is 4.85 Å². The van der Waals surface area contributed by atoms with Gasteiger partial charge in [0, 0.05) is 6.20 Å². The first-order valence-electron chi connectivity index (χ1n) is 4.12. The summed E-state index contributed by atoms with van der Waals surface area (Å²) in [6.07, 6.45) is 1.43. The van der Waals surface area contributed by atoms with Crippen LogP contribution in [0.15, 0.2) is 18.3 Å². The van der Waals surface area contributed by atoms with E-state index in [4.69, 9.17) is 16.8 Å². The van der Waals surface area contributed by atoms with Crippen LogP contribution in [0.2, 0.25) is 0 Å². The lowest BCUT2D eigenvalue weighted by Crippen LogP contribution is -2.27. The molecule has 0 unspecified atom stereocenters. The van der Waals surface area contributed by atoms with Gasteiger partial charge in [-0.15, -0.1) is 0 Å². The van der Waals surface area contributed by atoms with Gasteiger partial charge in [0.15, 0.2) is 0 Å². The molecule has 0 atom stereocenters. The van der Waals surface area contributed by atoms with Crippen LogP contribution in [0.4, 0.5) is 11.5 Å². The lowest BCUT2D eigenvalue weighted by molar-refractivity contribution is 0.203. The van der Waals surface area contributed by atoms with Crippen molar-refractivity contribution in [2.45, 2.75) is 6.04 Å². The molecule has 0 amide bonds. The number of pyridine rings is 1. The lowest BCUT2D eigenvalue weighted by Gasteiger charge is -2.13. The van der Waals surface area contributed by atoms with E-state index in [1.807, 2.05) is 0 Å². The Kier molecular flexibility index (Phi) is 3.85. The van der Waals surface area contributed by atoms with Gasteiger partial charge in [-0.3, -0.25) is 4.98 Å². The van der Waals surface area contributed by atoms with E-state index < -0.39 is 6.04 Å². The fourth-order valence-electron chi connectivity index (χ4n) is 0.896. The first-order valence-corrected chi connectivity index (χ1v) is 4.12. The second kappa shape index (κ2) is 5.17. The molecular weight excluding hydrogens is 182 g/mol. The Labute approximate surface area is 81.9 Å². The second-order valence-corrected chi connectivity index (χ2v) is 2.72. The van der Waals surface area contributed by atoms with E-state index in [9.17, 15) is 0 Å². The molecule has 0 fully saturated rings. The first-order chi connectivity index (χ1) is 6.80. The zero-order valence-electron chi connectivity index (χ0n) is 7.51. The van der Waals surface area contributed by atoms with Crippen molar-refractivity contribution in [1.29, 1.82) is 0 Å². The van der Waals surface area contributed by atoms with Crippen molar-refractivity contribution < 1.29 is 10.2 Å². The molecule has 0 spiro atoms. The van der Waals surface area contributed by atoms with Gasteiger partial charge in [-0.25, -0.2) is 4.85 Å². The molecule has 0 bridgehead atoms. The number of aromatic nitrogens is 1. The van der Waals surface area contributed by atoms with Crippen LogP contribution < -0.4 is 5.32 Å². The summed E-state index contributed by atoms with van der Waals surface area (Å²) in [4.78, 5) is 7.13. The number of aliphatic hydroxyl groups excluding tert-OH is 2. The third kappa shape index (κ3) is 2.69. The maximum atomic E-state index is 8.79. The predicted molar refractivity (Wildman–Crippen MR) is 52.1 cm³/mol. The molecule has 1 heterocycles. The number of nitrogens with one attached hydrogen (secondary N) is 1. The largest absolute Gasteiger partial charge is 0.394 e. The van der Waals surface area contributed by atoms with E-state index in [1.165, 1.54) is 6.20 Å². The lowest BCUT2D eigenvalue weighted by atomic mass is 10.3. The van der Waals surface area contributed by atoms with Gasteiger partial charge in [0.25, 0.3) is 0 Å². The van der Waals surface area contributed by atoms with E-state index in [-0.39, 0.29) is 13.2 Å². The number of rotatable bonds is 4. The molecule has 0 aromatic carbocycles. The van der Waals surface area contributed by atoms with Gasteiger partial charge < -0.3 is 15.5 Å². The molecule has 1 rings (SSSR count). The van der Waals surface area contributed by atoms with Gasteiger partial charge in [0.05, 0.1) is 25.8 Å². The number of hydrogen-bond acceptors (Lipinski definition) is 4. The van der Waals surface area contributed by atoms with Crippen molar-refractivity contribution >= 4 is 11.5 Å². The molecule has 0 saturated carbocycles. The maximum Gasteiger partial charge on any atom is 0.205 e. The Bertz CT molecular complexity index is 314. The normalized spacial score (nSPS) is 9.86. The molecule has 0 saturated heterocycles. The van der Waals surface area contributed by atoms with Crippen LogP contribution in [-0.4, -0.2) is 34.5 Å². The highest BCUT2D eigenvalue weighted by Crippen LogP contribution is 2.12. The molecule has 1 aromatic heterocycles. The standard InChI is InChI=1S/C9H11N3O2/c1-10-7-2-3-9(11-4-7)12-8(5-13)6-14/h2-4,8,13-14H,5-6H2,(H,11,12). The van der Waals surface area contributed by atoms with Gasteiger partial charge in [-0.1, -0.05) is 6.07 Å². The molecule has 3 N–H and O–H groups in total. The molecular formula is C9H11N3O2. The van der Waals surface area contributed by atoms with Gasteiger partial charge >= 0.3 is 0 Å². The van der Waals surface area contributed by atoms with Crippen molar-refractivity contribution in [2.75, 3.05) is 18.5 Å². The third-order valence-corrected chi connectivity index (χ3v) is 1.67. The van der Waals surface area contributed by atoms with Crippen LogP contribution in [0.1, 0.15) is 0 Å². The smallest absolute Gasteiger partial charge is 0.205 e. The minimum Gasteiger partial charge on any atom is -0.394 e. The monoisotopic (exact) mass is 193 g/mol. The van der Waals surface area contributed by atoms with Gasteiger partial charge in [-0.05, 0) is 6.07 Å². The quantitative estimate of drug-likeness (QED) is 0.605. The van der Waals surface area contributed by atoms with Crippen molar-refractivity contribution in [3.05, 3.63) is 29.7 Å². The summed E-state index contributed by atoms with van der Waals surface area (Å²) in [6.45, 7) is 6.38. The van der Waals surface area contributed by atoms with Crippen molar-refractivity contribution in [3.8, 4) is 0 Å². The van der Waals surface area contributed by atoms with Crippen LogP contribution in [0.5, 0.6) is 0 Å². The van der Waals surface area contributed by atoms with Gasteiger partial charge in [0.1, 0.15) is 5.82 Å². The van der Waals surface area contributed by atoms with E-state index >= 15 is 0 Å². The van der Waals surface area contributed by atoms with Crippen LogP contribution in [0.3, 0.4) is 0 Å². The van der Waals surface area contributed by atoms with Gasteiger partial charge in [-0.2, -0.15) is 0 Å². The summed E-state index contributed by atoms with van der Waals surface area (Å²) in [6, 6.07) is 2.83. The summed E-state index contributed by atoms with van der Waals surface area (Å²) in [5, 5.41) is 20.4. The molecule has 14 heavy (non-hydrogen) atoms. The summed E-state index contributed by atoms with van der Waals surface area (Å²) >= 11 is 0. The molecule has 1 aromatic rings. The Morgan fingerprint density at radius 2 is 2.14 bits per heavy atom. The van der Waals surface area contributed by atoms with Crippen LogP contribution >= 0.6 is 0 Å². The molecule has 74 valence electrons. The van der Waals surface area contributed by atoms with Crippen LogP contribution in [-0.2, 0) is 0 Å². The Balaban J connectivity index is 2.64. The van der Waals surface area contributed by atoms with E-state index in [0.717, 1.165) is 0 Å². The van der Waals surface area contributed by atoms with Gasteiger partial charge in [0.2, 0.25) is 5.69 Å². The van der Waals surface area contributed by atoms with E-state index in [0.29, 0.717) is 11.5 Å². The van der Waals surface area contributed by atoms with Crippen molar-refractivity contribution in [3.63, 3.8) is 0 Å². The minimum absolute atomic E-state index is 0.164. The van der Waals surface area contributed by atoms with E-state index in [1.54, 1.807) is 12.1 Å². The van der Waals surface area contributed by atoms with Crippen molar-refractivity contribution in [1.82, 2.24) is 4.98 Å². The number of aliphatic hydroxyl groups is 2. The van der Waals surface area contributed by atoms with Crippen LogP contribution in [0, 0.1) is 6.57 Å². The highest BCUT2D eigenvalue weighted by molar-refractivity contribution is 5.48. The fraction of sp³-hybridized carbons (Fsp3) is 0.333. The summed E-state index contributed by atoms with van der Waals surface area (Å²) in [7, 11) is 0. The number of nitrogens with zero attached hydrogens (tertiary/aromatic N) is 2. The average molecular weight is 193 g/mol. The molecule has 0 aliphatic carbocycles. The number of hydrogen-bond donors (Lipinski definition) is 3. The zero-order chi connectivity index (χ0) is 10.4. The summed E-state index contributed by atoms with van der Waals surface area (Å²) in [5.74, 6) is 0.533. The average Bonchev–Trinajstić information content (AvgIpc) is 2.26. The first kappa shape index (κ1) is 10.4. The second-order valence-electron chi connectivity index (χ2n) is 2.72. The van der Waals surface area contributed by atoms with Crippen molar-refractivity contribution in [2.24, 2.45) is 0 Å². The highest BCUT2D eigenvalue weighted by atomic mass is 16.3. The Hall–Kier alpha value is -1.64. The van der Waals surface area contributed by atoms with E-state index in [2.05, 4.69) is 15.1 Å². The topological polar surface area (TPSA) is 69.7 Å². The maximum absolute atomic E-state index is 8.79. The number of anilines is 1. The zero-order valence-corrected chi connectivity index (χ0v) is 7.51. The molecule has 5 nitrogen and oxygen atoms in total. The SMILES string of the molecule is [C-]#[N+]c1ccc(NC(CO)CO)nc1. The molecule has 5 heteroatoms. The summed E-state index contributed by atoms with van der Waals surface area (Å²) < 4.78 is 0. The molecule has 0 radical (unpaired) electrons. The molecule has 0 aliphatic rings. The molecule has 0 aliphatic heterocycles. The fourth-order valence-corrected chi connectivity index (χ4v) is 0.896. The third-order valence-electron chi connectivity index (χ3n) is 1.67. The summed E-state index contributed by atoms with van der Waals surface area (Å²) in [5.41, 5.74) is 0.458.